The summed E-state index contributed by atoms with van der Waals surface area (Å²) in [6, 6.07) is 13.8. The Balaban J connectivity index is 1.82. The van der Waals surface area contributed by atoms with Crippen LogP contribution in [0.3, 0.4) is 0 Å². The van der Waals surface area contributed by atoms with Gasteiger partial charge in [0, 0.05) is 29.7 Å². The van der Waals surface area contributed by atoms with Crippen molar-refractivity contribution in [3.63, 3.8) is 0 Å². The molecular weight excluding hydrogens is 324 g/mol. The van der Waals surface area contributed by atoms with Crippen molar-refractivity contribution in [3.8, 4) is 11.1 Å². The minimum Gasteiger partial charge on any atom is -0.397 e. The van der Waals surface area contributed by atoms with Crippen molar-refractivity contribution in [2.45, 2.75) is 26.3 Å². The molecule has 0 unspecified atom stereocenters. The smallest absolute Gasteiger partial charge is 0.154 e. The van der Waals surface area contributed by atoms with Gasteiger partial charge in [-0.1, -0.05) is 12.1 Å². The molecule has 0 saturated heterocycles. The highest BCUT2D eigenvalue weighted by atomic mass is 15.1. The molecule has 134 valence electrons. The van der Waals surface area contributed by atoms with Crippen molar-refractivity contribution in [2.75, 3.05) is 22.1 Å². The number of anilines is 5. The summed E-state index contributed by atoms with van der Waals surface area (Å²) in [5.74, 6) is 1.22. The van der Waals surface area contributed by atoms with E-state index in [0.717, 1.165) is 16.8 Å². The summed E-state index contributed by atoms with van der Waals surface area (Å²) in [6.07, 6.45) is 3.57. The Morgan fingerprint density at radius 1 is 0.885 bits per heavy atom. The summed E-state index contributed by atoms with van der Waals surface area (Å²) in [4.78, 5) is 8.60. The lowest BCUT2D eigenvalue weighted by molar-refractivity contribution is 0.631. The number of aromatic nitrogens is 2. The van der Waals surface area contributed by atoms with Gasteiger partial charge in [0.1, 0.15) is 5.82 Å². The van der Waals surface area contributed by atoms with Crippen LogP contribution < -0.4 is 22.1 Å². The number of pyridine rings is 2. The fourth-order valence-corrected chi connectivity index (χ4v) is 2.53. The maximum atomic E-state index is 6.05. The average Bonchev–Trinajstić information content (AvgIpc) is 2.59. The van der Waals surface area contributed by atoms with E-state index in [-0.39, 0.29) is 5.54 Å². The third-order valence-corrected chi connectivity index (χ3v) is 3.75. The van der Waals surface area contributed by atoms with E-state index in [4.69, 9.17) is 11.5 Å². The fourth-order valence-electron chi connectivity index (χ4n) is 2.53. The van der Waals surface area contributed by atoms with Gasteiger partial charge in [0.05, 0.1) is 11.4 Å². The SMILES string of the molecule is CC(C)(C)Nc1nc(Nc2ccc(-c3ccncc3)cc2)cc(N)c1N. The monoisotopic (exact) mass is 348 g/mol. The van der Waals surface area contributed by atoms with Crippen LogP contribution >= 0.6 is 0 Å². The first-order valence-electron chi connectivity index (χ1n) is 8.43. The Kier molecular flexibility index (Phi) is 4.67. The Morgan fingerprint density at radius 2 is 1.50 bits per heavy atom. The van der Waals surface area contributed by atoms with Gasteiger partial charge in [0.2, 0.25) is 0 Å². The largest absolute Gasteiger partial charge is 0.397 e. The Bertz CT molecular complexity index is 883. The van der Waals surface area contributed by atoms with E-state index in [0.29, 0.717) is 23.0 Å². The molecule has 0 aliphatic rings. The third-order valence-electron chi connectivity index (χ3n) is 3.75. The number of rotatable bonds is 4. The molecule has 0 amide bonds. The maximum Gasteiger partial charge on any atom is 0.154 e. The molecule has 3 aromatic rings. The zero-order valence-corrected chi connectivity index (χ0v) is 15.2. The molecule has 6 nitrogen and oxygen atoms in total. The first kappa shape index (κ1) is 17.5. The van der Waals surface area contributed by atoms with Crippen molar-refractivity contribution in [2.24, 2.45) is 0 Å². The van der Waals surface area contributed by atoms with Gasteiger partial charge in [-0.15, -0.1) is 0 Å². The van der Waals surface area contributed by atoms with Gasteiger partial charge in [-0.2, -0.15) is 0 Å². The standard InChI is InChI=1S/C20H24N6/c1-20(2,3)26-19-18(22)16(21)12-17(25-19)24-15-6-4-13(5-7-15)14-8-10-23-11-9-14/h4-12H,22H2,1-3H3,(H4,21,24,25,26). The van der Waals surface area contributed by atoms with Crippen molar-refractivity contribution >= 4 is 28.7 Å². The lowest BCUT2D eigenvalue weighted by atomic mass is 10.1. The van der Waals surface area contributed by atoms with Crippen LogP contribution in [0.25, 0.3) is 11.1 Å². The van der Waals surface area contributed by atoms with Gasteiger partial charge in [-0.3, -0.25) is 4.98 Å². The lowest BCUT2D eigenvalue weighted by Crippen LogP contribution is -2.27. The molecule has 0 fully saturated rings. The Labute approximate surface area is 153 Å². The molecular formula is C20H24N6. The molecule has 0 aliphatic heterocycles. The van der Waals surface area contributed by atoms with E-state index in [9.17, 15) is 0 Å². The maximum absolute atomic E-state index is 6.05. The van der Waals surface area contributed by atoms with Crippen molar-refractivity contribution in [1.29, 1.82) is 0 Å². The second-order valence-corrected chi connectivity index (χ2v) is 7.17. The van der Waals surface area contributed by atoms with Crippen LogP contribution in [0.15, 0.2) is 54.9 Å². The molecule has 2 heterocycles. The summed E-state index contributed by atoms with van der Waals surface area (Å²) in [5.41, 5.74) is 16.0. The molecule has 26 heavy (non-hydrogen) atoms. The number of nitrogens with one attached hydrogen (secondary N) is 2. The fraction of sp³-hybridized carbons (Fsp3) is 0.200. The topological polar surface area (TPSA) is 102 Å². The second kappa shape index (κ2) is 6.92. The van der Waals surface area contributed by atoms with Gasteiger partial charge >= 0.3 is 0 Å². The molecule has 0 atom stereocenters. The molecule has 1 aromatic carbocycles. The highest BCUT2D eigenvalue weighted by Crippen LogP contribution is 2.30. The predicted octanol–water partition coefficient (Wildman–Crippen LogP) is 4.26. The summed E-state index contributed by atoms with van der Waals surface area (Å²) in [5, 5.41) is 6.56. The van der Waals surface area contributed by atoms with Gasteiger partial charge in [0.15, 0.2) is 5.82 Å². The molecule has 0 radical (unpaired) electrons. The summed E-state index contributed by atoms with van der Waals surface area (Å²) in [7, 11) is 0. The number of hydrogen-bond acceptors (Lipinski definition) is 6. The van der Waals surface area contributed by atoms with Gasteiger partial charge in [0.25, 0.3) is 0 Å². The molecule has 6 heteroatoms. The third kappa shape index (κ3) is 4.22. The van der Waals surface area contributed by atoms with E-state index in [1.807, 2.05) is 57.2 Å². The Hall–Kier alpha value is -3.28. The number of nitrogens with zero attached hydrogens (tertiary/aromatic N) is 2. The zero-order valence-electron chi connectivity index (χ0n) is 15.2. The molecule has 0 spiro atoms. The van der Waals surface area contributed by atoms with E-state index in [1.165, 1.54) is 0 Å². The molecule has 0 aliphatic carbocycles. The average molecular weight is 348 g/mol. The second-order valence-electron chi connectivity index (χ2n) is 7.17. The Morgan fingerprint density at radius 3 is 2.12 bits per heavy atom. The van der Waals surface area contributed by atoms with Crippen LogP contribution in [0.4, 0.5) is 28.7 Å². The number of nitrogen functional groups attached to an aromatic ring is 2. The van der Waals surface area contributed by atoms with Crippen LogP contribution in [-0.4, -0.2) is 15.5 Å². The summed E-state index contributed by atoms with van der Waals surface area (Å²) in [6.45, 7) is 6.13. The van der Waals surface area contributed by atoms with Crippen LogP contribution in [0.1, 0.15) is 20.8 Å². The minimum atomic E-state index is -0.168. The summed E-state index contributed by atoms with van der Waals surface area (Å²) >= 11 is 0. The lowest BCUT2D eigenvalue weighted by Gasteiger charge is -2.23. The van der Waals surface area contributed by atoms with Gasteiger partial charge in [-0.25, -0.2) is 4.98 Å². The van der Waals surface area contributed by atoms with Crippen LogP contribution in [0.5, 0.6) is 0 Å². The molecule has 0 bridgehead atoms. The van der Waals surface area contributed by atoms with E-state index >= 15 is 0 Å². The highest BCUT2D eigenvalue weighted by Gasteiger charge is 2.15. The number of nitrogens with two attached hydrogens (primary N) is 2. The normalized spacial score (nSPS) is 11.2. The van der Waals surface area contributed by atoms with Gasteiger partial charge < -0.3 is 22.1 Å². The first-order chi connectivity index (χ1) is 12.3. The van der Waals surface area contributed by atoms with Crippen LogP contribution in [-0.2, 0) is 0 Å². The van der Waals surface area contributed by atoms with Crippen LogP contribution in [0.2, 0.25) is 0 Å². The first-order valence-corrected chi connectivity index (χ1v) is 8.43. The van der Waals surface area contributed by atoms with Crippen molar-refractivity contribution < 1.29 is 0 Å². The van der Waals surface area contributed by atoms with Crippen LogP contribution in [0, 0.1) is 0 Å². The van der Waals surface area contributed by atoms with Crippen molar-refractivity contribution in [3.05, 3.63) is 54.9 Å². The predicted molar refractivity (Wildman–Crippen MR) is 109 cm³/mol. The quantitative estimate of drug-likeness (QED) is 0.562. The van der Waals surface area contributed by atoms with E-state index in [1.54, 1.807) is 18.5 Å². The van der Waals surface area contributed by atoms with Crippen molar-refractivity contribution in [1.82, 2.24) is 9.97 Å². The molecule has 6 N–H and O–H groups in total. The minimum absolute atomic E-state index is 0.168. The molecule has 2 aromatic heterocycles. The number of benzene rings is 1. The van der Waals surface area contributed by atoms with E-state index < -0.39 is 0 Å². The molecule has 3 rings (SSSR count). The van der Waals surface area contributed by atoms with E-state index in [2.05, 4.69) is 20.6 Å². The zero-order chi connectivity index (χ0) is 18.7. The van der Waals surface area contributed by atoms with Gasteiger partial charge in [-0.05, 0) is 56.2 Å². The molecule has 0 saturated carbocycles. The summed E-state index contributed by atoms with van der Waals surface area (Å²) < 4.78 is 0. The highest BCUT2D eigenvalue weighted by molar-refractivity contribution is 5.80. The number of hydrogen-bond donors (Lipinski definition) is 4.